The molecule has 248 valence electrons. The van der Waals surface area contributed by atoms with Crippen LogP contribution < -0.4 is 11.5 Å². The molecule has 7 heteroatoms. The highest BCUT2D eigenvalue weighted by Gasteiger charge is 2.16. The second-order valence-electron chi connectivity index (χ2n) is 11.8. The largest absolute Gasteiger partial charge is 0.382 e. The van der Waals surface area contributed by atoms with Gasteiger partial charge in [-0.2, -0.15) is 0 Å². The topological polar surface area (TPSA) is 121 Å². The summed E-state index contributed by atoms with van der Waals surface area (Å²) in [5.41, 5.74) is 24.1. The van der Waals surface area contributed by atoms with Crippen LogP contribution in [0.3, 0.4) is 0 Å². The Labute approximate surface area is 293 Å². The van der Waals surface area contributed by atoms with E-state index in [2.05, 4.69) is 60.9 Å². The van der Waals surface area contributed by atoms with Gasteiger partial charge in [0.25, 0.3) is 0 Å². The van der Waals surface area contributed by atoms with Gasteiger partial charge >= 0.3 is 0 Å². The third-order valence-electron chi connectivity index (χ3n) is 8.14. The number of benzene rings is 4. The average Bonchev–Trinajstić information content (AvgIpc) is 3.14. The molecule has 0 atom stereocenters. The Hall–Kier alpha value is -6.47. The fourth-order valence-electron chi connectivity index (χ4n) is 5.58. The van der Waals surface area contributed by atoms with Gasteiger partial charge in [0, 0.05) is 29.5 Å². The molecule has 4 N–H and O–H groups in total. The summed E-state index contributed by atoms with van der Waals surface area (Å²) in [5, 5.41) is 0. The zero-order valence-corrected chi connectivity index (χ0v) is 28.4. The third-order valence-corrected chi connectivity index (χ3v) is 8.14. The number of aromatic nitrogens is 4. The molecule has 0 spiro atoms. The molecule has 0 aliphatic rings. The van der Waals surface area contributed by atoms with Crippen LogP contribution in [0.2, 0.25) is 0 Å². The highest BCUT2D eigenvalue weighted by Crippen LogP contribution is 2.30. The molecule has 2 aromatic heterocycles. The molecule has 0 unspecified atom stereocenters. The second-order valence-corrected chi connectivity index (χ2v) is 11.8. The van der Waals surface area contributed by atoms with Crippen molar-refractivity contribution < 1.29 is 4.79 Å². The molecule has 0 aliphatic carbocycles. The first-order valence-corrected chi connectivity index (χ1v) is 16.2. The van der Waals surface area contributed by atoms with Crippen LogP contribution in [-0.4, -0.2) is 26.2 Å². The zero-order valence-electron chi connectivity index (χ0n) is 28.4. The molecule has 4 aromatic carbocycles. The summed E-state index contributed by atoms with van der Waals surface area (Å²) >= 11 is 0. The quantitative estimate of drug-likeness (QED) is 0.141. The van der Waals surface area contributed by atoms with Gasteiger partial charge < -0.3 is 11.5 Å². The van der Waals surface area contributed by atoms with Gasteiger partial charge in [-0.25, -0.2) is 19.9 Å². The molecule has 6 aromatic rings. The van der Waals surface area contributed by atoms with Crippen molar-refractivity contribution in [2.45, 2.75) is 26.7 Å². The lowest BCUT2D eigenvalue weighted by Crippen LogP contribution is -2.07. The van der Waals surface area contributed by atoms with Gasteiger partial charge in [-0.05, 0) is 48.8 Å². The number of aldehydes is 1. The lowest BCUT2D eigenvalue weighted by Gasteiger charge is -2.13. The van der Waals surface area contributed by atoms with Crippen LogP contribution >= 0.6 is 0 Å². The Morgan fingerprint density at radius 2 is 0.980 bits per heavy atom. The van der Waals surface area contributed by atoms with E-state index in [1.54, 1.807) is 12.2 Å². The van der Waals surface area contributed by atoms with E-state index in [-0.39, 0.29) is 0 Å². The van der Waals surface area contributed by atoms with Gasteiger partial charge in [0.05, 0.1) is 34.2 Å². The van der Waals surface area contributed by atoms with Crippen molar-refractivity contribution in [1.82, 2.24) is 19.9 Å². The van der Waals surface area contributed by atoms with Crippen molar-refractivity contribution in [2.24, 2.45) is 0 Å². The van der Waals surface area contributed by atoms with Crippen molar-refractivity contribution in [1.29, 1.82) is 0 Å². The summed E-state index contributed by atoms with van der Waals surface area (Å²) in [5.74, 6) is 0.817. The van der Waals surface area contributed by atoms with E-state index in [4.69, 9.17) is 21.4 Å². The molecular formula is C43H40N6O. The second kappa shape index (κ2) is 16.1. The van der Waals surface area contributed by atoms with Crippen LogP contribution in [0.1, 0.15) is 61.0 Å². The summed E-state index contributed by atoms with van der Waals surface area (Å²) in [6, 6.07) is 31.9. The Morgan fingerprint density at radius 1 is 0.560 bits per heavy atom. The Morgan fingerprint density at radius 3 is 1.38 bits per heavy atom. The number of hydrogen-bond donors (Lipinski definition) is 2. The lowest BCUT2D eigenvalue weighted by molar-refractivity contribution is 0.112. The first kappa shape index (κ1) is 34.9. The summed E-state index contributed by atoms with van der Waals surface area (Å²) < 4.78 is 0. The maximum atomic E-state index is 11.5. The van der Waals surface area contributed by atoms with Gasteiger partial charge in [0.1, 0.15) is 11.6 Å². The van der Waals surface area contributed by atoms with Crippen molar-refractivity contribution in [2.75, 3.05) is 11.5 Å². The van der Waals surface area contributed by atoms with E-state index in [1.807, 2.05) is 85.8 Å². The van der Waals surface area contributed by atoms with Gasteiger partial charge in [-0.15, -0.1) is 0 Å². The van der Waals surface area contributed by atoms with E-state index < -0.39 is 0 Å². The van der Waals surface area contributed by atoms with Crippen LogP contribution in [0.25, 0.3) is 40.7 Å². The molecule has 0 saturated heterocycles. The Bertz CT molecular complexity index is 2020. The van der Waals surface area contributed by atoms with Gasteiger partial charge in [-0.1, -0.05) is 128 Å². The average molecular weight is 657 g/mol. The highest BCUT2D eigenvalue weighted by atomic mass is 16.1. The fraction of sp³-hybridized carbons (Fsp3) is 0.0930. The molecular weight excluding hydrogens is 617 g/mol. The number of rotatable bonds is 10. The molecule has 0 saturated carbocycles. The number of carbonyl (C=O) groups excluding carboxylic acids is 1. The van der Waals surface area contributed by atoms with Crippen LogP contribution in [0, 0.1) is 13.8 Å². The minimum Gasteiger partial charge on any atom is -0.382 e. The molecule has 0 fully saturated rings. The van der Waals surface area contributed by atoms with E-state index >= 15 is 0 Å². The Kier molecular flexibility index (Phi) is 11.2. The number of nitrogens with two attached hydrogens (primary N) is 2. The monoisotopic (exact) mass is 656 g/mol. The van der Waals surface area contributed by atoms with Crippen LogP contribution in [0.4, 0.5) is 11.6 Å². The molecule has 2 heterocycles. The smallest absolute Gasteiger partial charge is 0.150 e. The molecule has 0 aliphatic heterocycles. The first-order valence-electron chi connectivity index (χ1n) is 16.2. The molecule has 7 nitrogen and oxygen atoms in total. The van der Waals surface area contributed by atoms with Crippen LogP contribution in [0.15, 0.2) is 117 Å². The predicted molar refractivity (Wildman–Crippen MR) is 207 cm³/mol. The number of hydrogen-bond acceptors (Lipinski definition) is 7. The zero-order chi connectivity index (χ0) is 35.6. The number of anilines is 2. The van der Waals surface area contributed by atoms with Crippen molar-refractivity contribution in [3.8, 4) is 22.5 Å². The normalized spacial score (nSPS) is 10.4. The minimum absolute atomic E-state index is 0.377. The van der Waals surface area contributed by atoms with Gasteiger partial charge in [0.15, 0.2) is 6.29 Å². The number of aryl methyl sites for hydroxylation is 2. The van der Waals surface area contributed by atoms with Gasteiger partial charge in [-0.3, -0.25) is 4.79 Å². The molecule has 0 bridgehead atoms. The van der Waals surface area contributed by atoms with E-state index in [0.29, 0.717) is 52.8 Å². The minimum atomic E-state index is 0.377. The summed E-state index contributed by atoms with van der Waals surface area (Å²) in [7, 11) is 0. The van der Waals surface area contributed by atoms with Crippen molar-refractivity contribution in [3.63, 3.8) is 0 Å². The molecule has 0 radical (unpaired) electrons. The fourth-order valence-corrected chi connectivity index (χ4v) is 5.58. The summed E-state index contributed by atoms with van der Waals surface area (Å²) in [4.78, 5) is 30.0. The van der Waals surface area contributed by atoms with E-state index in [0.717, 1.165) is 51.1 Å². The Balaban J connectivity index is 0.000000194. The lowest BCUT2D eigenvalue weighted by atomic mass is 9.99. The standard InChI is InChI=1S/C22H21N3.C21H19N3O/c1-4-17-13-15(3)11-12-18(17)21-19(5-2)25-22(23)20(24-21)14-16-9-7-6-8-10-16;1-3-18-20(17-10-9-14(2)11-16(17)13-25)23-19(21(22)24-18)12-15-7-5-4-6-8-15/h4-13H,1-2,14H2,3H3,(H2,23,25);3-11,13H,1,12H2,2H3,(H2,22,24). The van der Waals surface area contributed by atoms with Gasteiger partial charge in [0.2, 0.25) is 0 Å². The first-order chi connectivity index (χ1) is 24.2. The number of carbonyl (C=O) groups is 1. The molecule has 0 amide bonds. The van der Waals surface area contributed by atoms with Crippen LogP contribution in [-0.2, 0) is 12.8 Å². The van der Waals surface area contributed by atoms with E-state index in [1.165, 1.54) is 5.56 Å². The summed E-state index contributed by atoms with van der Waals surface area (Å²) in [6.45, 7) is 15.6. The predicted octanol–water partition coefficient (Wildman–Crippen LogP) is 8.99. The SMILES string of the molecule is C=Cc1cc(C)ccc1-c1nc(Cc2ccccc2)c(N)nc1C=C.C=Cc1nc(N)c(Cc2ccccc2)nc1-c1ccc(C)cc1C=O. The summed E-state index contributed by atoms with van der Waals surface area (Å²) in [6.07, 6.45) is 7.19. The number of nitrogen functional groups attached to an aromatic ring is 2. The van der Waals surface area contributed by atoms with Crippen LogP contribution in [0.5, 0.6) is 0 Å². The number of nitrogens with zero attached hydrogens (tertiary/aromatic N) is 4. The molecule has 6 rings (SSSR count). The maximum Gasteiger partial charge on any atom is 0.150 e. The van der Waals surface area contributed by atoms with Crippen molar-refractivity contribution >= 4 is 36.1 Å². The third kappa shape index (κ3) is 8.14. The molecule has 50 heavy (non-hydrogen) atoms. The van der Waals surface area contributed by atoms with E-state index in [9.17, 15) is 4.79 Å². The van der Waals surface area contributed by atoms with Crippen molar-refractivity contribution in [3.05, 3.63) is 173 Å². The highest BCUT2D eigenvalue weighted by molar-refractivity contribution is 5.89. The maximum absolute atomic E-state index is 11.5.